The van der Waals surface area contributed by atoms with Gasteiger partial charge in [-0.25, -0.2) is 4.39 Å². The second-order valence-corrected chi connectivity index (χ2v) is 8.91. The minimum absolute atomic E-state index is 0.0340. The molecule has 3 aromatic rings. The third-order valence-electron chi connectivity index (χ3n) is 6.53. The molecule has 1 aliphatic rings. The molecule has 1 aliphatic heterocycles. The van der Waals surface area contributed by atoms with Crippen LogP contribution in [-0.2, 0) is 22.3 Å². The number of hydrogen-bond acceptors (Lipinski definition) is 2. The number of amides is 1. The Labute approximate surface area is 202 Å². The van der Waals surface area contributed by atoms with Gasteiger partial charge in [0.15, 0.2) is 0 Å². The van der Waals surface area contributed by atoms with Crippen LogP contribution >= 0.6 is 0 Å². The van der Waals surface area contributed by atoms with Gasteiger partial charge in [0.25, 0.3) is 0 Å². The predicted molar refractivity (Wildman–Crippen MR) is 125 cm³/mol. The fraction of sp³-hybridized carbons (Fsp3) is 0.321. The zero-order valence-electron chi connectivity index (χ0n) is 19.3. The van der Waals surface area contributed by atoms with Gasteiger partial charge in [-0.15, -0.1) is 0 Å². The van der Waals surface area contributed by atoms with Crippen LogP contribution in [0.4, 0.5) is 17.6 Å². The summed E-state index contributed by atoms with van der Waals surface area (Å²) in [6, 6.07) is 22.3. The highest BCUT2D eigenvalue weighted by Gasteiger charge is 2.38. The first kappa shape index (κ1) is 24.9. The number of carbonyl (C=O) groups is 1. The first-order chi connectivity index (χ1) is 16.7. The SMILES string of the molecule is CC(=O)N1CCC(OCc2cc(F)cc(C(F)(F)F)c2)C(C(c2ccccc2)c2ccccc2)C1. The Bertz CT molecular complexity index is 1100. The lowest BCUT2D eigenvalue weighted by atomic mass is 9.75. The second kappa shape index (κ2) is 10.6. The zero-order chi connectivity index (χ0) is 25.0. The molecule has 0 aromatic heterocycles. The van der Waals surface area contributed by atoms with E-state index < -0.39 is 17.6 Å². The lowest BCUT2D eigenvalue weighted by Crippen LogP contribution is -2.48. The van der Waals surface area contributed by atoms with E-state index in [1.807, 2.05) is 60.7 Å². The predicted octanol–water partition coefficient (Wildman–Crippen LogP) is 6.43. The third-order valence-corrected chi connectivity index (χ3v) is 6.53. The van der Waals surface area contributed by atoms with Crippen molar-refractivity contribution in [2.75, 3.05) is 13.1 Å². The van der Waals surface area contributed by atoms with E-state index in [0.717, 1.165) is 23.3 Å². The van der Waals surface area contributed by atoms with Crippen molar-refractivity contribution in [3.8, 4) is 0 Å². The number of piperidine rings is 1. The molecular formula is C28H27F4NO2. The van der Waals surface area contributed by atoms with Crippen LogP contribution in [0.3, 0.4) is 0 Å². The first-order valence-corrected chi connectivity index (χ1v) is 11.6. The van der Waals surface area contributed by atoms with Crippen molar-refractivity contribution in [1.82, 2.24) is 4.90 Å². The minimum Gasteiger partial charge on any atom is -0.373 e. The summed E-state index contributed by atoms with van der Waals surface area (Å²) in [4.78, 5) is 14.0. The van der Waals surface area contributed by atoms with Crippen molar-refractivity contribution in [3.63, 3.8) is 0 Å². The van der Waals surface area contributed by atoms with E-state index in [1.54, 1.807) is 4.90 Å². The van der Waals surface area contributed by atoms with Crippen molar-refractivity contribution in [1.29, 1.82) is 0 Å². The number of carbonyl (C=O) groups excluding carboxylic acids is 1. The molecule has 0 saturated carbocycles. The number of halogens is 4. The van der Waals surface area contributed by atoms with Crippen LogP contribution in [0.5, 0.6) is 0 Å². The molecule has 1 saturated heterocycles. The summed E-state index contributed by atoms with van der Waals surface area (Å²) in [6.45, 7) is 2.32. The van der Waals surface area contributed by atoms with Crippen LogP contribution in [-0.4, -0.2) is 30.0 Å². The van der Waals surface area contributed by atoms with Crippen LogP contribution in [0.25, 0.3) is 0 Å². The minimum atomic E-state index is -4.64. The van der Waals surface area contributed by atoms with Crippen molar-refractivity contribution in [2.24, 2.45) is 5.92 Å². The average Bonchev–Trinajstić information content (AvgIpc) is 2.84. The van der Waals surface area contributed by atoms with Gasteiger partial charge < -0.3 is 9.64 Å². The van der Waals surface area contributed by atoms with Gasteiger partial charge in [0.1, 0.15) is 5.82 Å². The Hall–Kier alpha value is -3.19. The Morgan fingerprint density at radius 2 is 1.60 bits per heavy atom. The van der Waals surface area contributed by atoms with E-state index in [0.29, 0.717) is 25.6 Å². The van der Waals surface area contributed by atoms with Gasteiger partial charge in [-0.05, 0) is 41.3 Å². The number of hydrogen-bond donors (Lipinski definition) is 0. The molecule has 2 atom stereocenters. The van der Waals surface area contributed by atoms with Crippen molar-refractivity contribution in [2.45, 2.75) is 38.1 Å². The quantitative estimate of drug-likeness (QED) is 0.377. The van der Waals surface area contributed by atoms with E-state index in [2.05, 4.69) is 0 Å². The molecule has 0 aliphatic carbocycles. The molecule has 1 fully saturated rings. The highest BCUT2D eigenvalue weighted by Crippen LogP contribution is 2.39. The van der Waals surface area contributed by atoms with Gasteiger partial charge in [-0.1, -0.05) is 60.7 Å². The summed E-state index contributed by atoms with van der Waals surface area (Å²) < 4.78 is 59.6. The second-order valence-electron chi connectivity index (χ2n) is 8.91. The van der Waals surface area contributed by atoms with Gasteiger partial charge in [0, 0.05) is 31.8 Å². The molecular weight excluding hydrogens is 458 g/mol. The molecule has 0 spiro atoms. The number of likely N-dealkylation sites (tertiary alicyclic amines) is 1. The summed E-state index contributed by atoms with van der Waals surface area (Å²) in [7, 11) is 0. The maximum atomic E-state index is 13.9. The largest absolute Gasteiger partial charge is 0.416 e. The van der Waals surface area contributed by atoms with Crippen LogP contribution in [0.1, 0.15) is 41.5 Å². The highest BCUT2D eigenvalue weighted by atomic mass is 19.4. The van der Waals surface area contributed by atoms with Crippen molar-refractivity contribution in [3.05, 3.63) is 107 Å². The summed E-state index contributed by atoms with van der Waals surface area (Å²) in [5, 5.41) is 0. The van der Waals surface area contributed by atoms with Crippen LogP contribution < -0.4 is 0 Å². The summed E-state index contributed by atoms with van der Waals surface area (Å²) >= 11 is 0. The molecule has 184 valence electrons. The maximum Gasteiger partial charge on any atom is 0.416 e. The van der Waals surface area contributed by atoms with Gasteiger partial charge in [-0.2, -0.15) is 13.2 Å². The van der Waals surface area contributed by atoms with Crippen LogP contribution in [0.15, 0.2) is 78.9 Å². The van der Waals surface area contributed by atoms with Gasteiger partial charge in [0.05, 0.1) is 18.3 Å². The van der Waals surface area contributed by atoms with E-state index in [-0.39, 0.29) is 36.0 Å². The smallest absolute Gasteiger partial charge is 0.373 e. The molecule has 0 radical (unpaired) electrons. The fourth-order valence-corrected chi connectivity index (χ4v) is 4.88. The molecule has 7 heteroatoms. The van der Waals surface area contributed by atoms with Gasteiger partial charge in [-0.3, -0.25) is 4.79 Å². The van der Waals surface area contributed by atoms with Crippen LogP contribution in [0.2, 0.25) is 0 Å². The molecule has 1 amide bonds. The molecule has 35 heavy (non-hydrogen) atoms. The molecule has 0 bridgehead atoms. The fourth-order valence-electron chi connectivity index (χ4n) is 4.88. The van der Waals surface area contributed by atoms with Crippen molar-refractivity contribution >= 4 is 5.91 Å². The van der Waals surface area contributed by atoms with Gasteiger partial charge >= 0.3 is 6.18 Å². The van der Waals surface area contributed by atoms with E-state index in [1.165, 1.54) is 6.92 Å². The lowest BCUT2D eigenvalue weighted by molar-refractivity contribution is -0.137. The number of nitrogens with zero attached hydrogens (tertiary/aromatic N) is 1. The summed E-state index contributed by atoms with van der Waals surface area (Å²) in [5.74, 6) is -1.23. The molecule has 1 heterocycles. The highest BCUT2D eigenvalue weighted by molar-refractivity contribution is 5.73. The Morgan fingerprint density at radius 1 is 1.00 bits per heavy atom. The van der Waals surface area contributed by atoms with Crippen molar-refractivity contribution < 1.29 is 27.1 Å². The maximum absolute atomic E-state index is 13.9. The van der Waals surface area contributed by atoms with Crippen LogP contribution in [0, 0.1) is 11.7 Å². The normalized spacial score (nSPS) is 18.6. The molecule has 3 nitrogen and oxygen atoms in total. The van der Waals surface area contributed by atoms with E-state index in [4.69, 9.17) is 4.74 Å². The van der Waals surface area contributed by atoms with E-state index >= 15 is 0 Å². The number of alkyl halides is 3. The molecule has 3 aromatic carbocycles. The number of rotatable bonds is 6. The monoisotopic (exact) mass is 485 g/mol. The average molecular weight is 486 g/mol. The summed E-state index contributed by atoms with van der Waals surface area (Å²) in [6.07, 6.45) is -4.45. The number of benzene rings is 3. The lowest BCUT2D eigenvalue weighted by Gasteiger charge is -2.42. The Kier molecular flexibility index (Phi) is 7.55. The Balaban J connectivity index is 1.65. The number of ether oxygens (including phenoxy) is 1. The topological polar surface area (TPSA) is 29.5 Å². The van der Waals surface area contributed by atoms with E-state index in [9.17, 15) is 22.4 Å². The standard InChI is InChI=1S/C28H27F4NO2/c1-19(34)33-13-12-26(35-18-20-14-23(28(30,31)32)16-24(29)15-20)25(17-33)27(21-8-4-2-5-9-21)22-10-6-3-7-11-22/h2-11,14-16,25-27H,12-13,17-18H2,1H3. The van der Waals surface area contributed by atoms with Gasteiger partial charge in [0.2, 0.25) is 5.91 Å². The first-order valence-electron chi connectivity index (χ1n) is 11.6. The zero-order valence-corrected chi connectivity index (χ0v) is 19.3. The Morgan fingerprint density at radius 3 is 2.14 bits per heavy atom. The molecule has 0 N–H and O–H groups in total. The third kappa shape index (κ3) is 6.09. The summed E-state index contributed by atoms with van der Waals surface area (Å²) in [5.41, 5.74) is 1.21. The molecule has 2 unspecified atom stereocenters. The molecule has 4 rings (SSSR count).